The highest BCUT2D eigenvalue weighted by Crippen LogP contribution is 2.23. The van der Waals surface area contributed by atoms with Gasteiger partial charge in [-0.1, -0.05) is 12.1 Å². The maximum absolute atomic E-state index is 13.5. The third-order valence-electron chi connectivity index (χ3n) is 3.83. The van der Waals surface area contributed by atoms with E-state index in [0.717, 1.165) is 0 Å². The molecule has 0 radical (unpaired) electrons. The summed E-state index contributed by atoms with van der Waals surface area (Å²) in [4.78, 5) is 17.0. The summed E-state index contributed by atoms with van der Waals surface area (Å²) in [5, 5.41) is 10.7. The van der Waals surface area contributed by atoms with Gasteiger partial charge < -0.3 is 14.6 Å². The van der Waals surface area contributed by atoms with Crippen LogP contribution in [0.25, 0.3) is 11.5 Å². The van der Waals surface area contributed by atoms with Crippen molar-refractivity contribution >= 4 is 11.7 Å². The predicted octanol–water partition coefficient (Wildman–Crippen LogP) is 2.68. The van der Waals surface area contributed by atoms with Crippen LogP contribution < -0.4 is 10.1 Å². The van der Waals surface area contributed by atoms with Crippen LogP contribution in [0.15, 0.2) is 54.9 Å². The summed E-state index contributed by atoms with van der Waals surface area (Å²) in [5.74, 6) is 0.199. The summed E-state index contributed by atoms with van der Waals surface area (Å²) in [5.41, 5.74) is 0.813. The number of ether oxygens (including phenoxy) is 1. The van der Waals surface area contributed by atoms with E-state index in [1.54, 1.807) is 30.6 Å². The first kappa shape index (κ1) is 15.9. The van der Waals surface area contributed by atoms with Crippen molar-refractivity contribution < 1.29 is 13.9 Å². The molecule has 26 heavy (non-hydrogen) atoms. The second kappa shape index (κ2) is 6.75. The topological polar surface area (TPSA) is 81.9 Å². The van der Waals surface area contributed by atoms with Crippen LogP contribution in [-0.4, -0.2) is 32.3 Å². The van der Waals surface area contributed by atoms with Gasteiger partial charge in [0.1, 0.15) is 36.0 Å². The van der Waals surface area contributed by atoms with Gasteiger partial charge >= 0.3 is 0 Å². The molecule has 3 aromatic rings. The molecule has 3 heterocycles. The molecule has 1 aliphatic rings. The van der Waals surface area contributed by atoms with E-state index in [1.807, 2.05) is 10.6 Å². The average Bonchev–Trinajstić information content (AvgIpc) is 3.09. The first-order valence-electron chi connectivity index (χ1n) is 7.94. The van der Waals surface area contributed by atoms with Crippen molar-refractivity contribution in [2.24, 2.45) is 0 Å². The lowest BCUT2D eigenvalue weighted by molar-refractivity contribution is 0.102. The fraction of sp³-hybridized carbons (Fsp3) is 0.111. The number of nitrogens with zero attached hydrogens (tertiary/aromatic N) is 4. The van der Waals surface area contributed by atoms with E-state index in [9.17, 15) is 9.18 Å². The van der Waals surface area contributed by atoms with Gasteiger partial charge in [0.05, 0.1) is 5.56 Å². The van der Waals surface area contributed by atoms with Crippen molar-refractivity contribution in [1.82, 2.24) is 19.7 Å². The van der Waals surface area contributed by atoms with Gasteiger partial charge in [0.2, 0.25) is 0 Å². The monoisotopic (exact) mass is 351 g/mol. The molecule has 0 saturated carbocycles. The lowest BCUT2D eigenvalue weighted by Gasteiger charge is -2.12. The first-order chi connectivity index (χ1) is 12.7. The Morgan fingerprint density at radius 3 is 3.04 bits per heavy atom. The fourth-order valence-electron chi connectivity index (χ4n) is 2.60. The number of nitrogens with one attached hydrogen (secondary N) is 1. The van der Waals surface area contributed by atoms with Gasteiger partial charge in [-0.05, 0) is 30.3 Å². The third kappa shape index (κ3) is 3.16. The molecule has 1 aromatic carbocycles. The molecule has 0 aliphatic carbocycles. The number of hydrogen-bond acceptors (Lipinski definition) is 5. The van der Waals surface area contributed by atoms with Gasteiger partial charge in [0.15, 0.2) is 5.82 Å². The normalized spacial score (nSPS) is 15.0. The molecule has 1 N–H and O–H groups in total. The Morgan fingerprint density at radius 1 is 1.19 bits per heavy atom. The summed E-state index contributed by atoms with van der Waals surface area (Å²) in [6.07, 6.45) is 5.26. The summed E-state index contributed by atoms with van der Waals surface area (Å²) >= 11 is 0. The van der Waals surface area contributed by atoms with Crippen LogP contribution >= 0.6 is 0 Å². The summed E-state index contributed by atoms with van der Waals surface area (Å²) in [7, 11) is 0. The fourth-order valence-corrected chi connectivity index (χ4v) is 2.60. The SMILES string of the molecule is O=C1Nc2cccc(n2)-c2nncn2C/C=C\COc2cc(F)ccc21. The number of aromatic nitrogens is 4. The summed E-state index contributed by atoms with van der Waals surface area (Å²) < 4.78 is 20.9. The van der Waals surface area contributed by atoms with Gasteiger partial charge in [-0.15, -0.1) is 10.2 Å². The minimum absolute atomic E-state index is 0.172. The number of rotatable bonds is 0. The molecule has 0 spiro atoms. The van der Waals surface area contributed by atoms with Crippen LogP contribution in [-0.2, 0) is 6.54 Å². The van der Waals surface area contributed by atoms with Crippen LogP contribution in [0.1, 0.15) is 10.4 Å². The number of pyridine rings is 1. The van der Waals surface area contributed by atoms with Crippen LogP contribution in [0.4, 0.5) is 10.2 Å². The van der Waals surface area contributed by atoms with E-state index in [4.69, 9.17) is 4.74 Å². The van der Waals surface area contributed by atoms with Crippen molar-refractivity contribution in [3.05, 3.63) is 66.3 Å². The van der Waals surface area contributed by atoms with E-state index >= 15 is 0 Å². The smallest absolute Gasteiger partial charge is 0.260 e. The minimum Gasteiger partial charge on any atom is -0.489 e. The largest absolute Gasteiger partial charge is 0.489 e. The Bertz CT molecular complexity index is 999. The molecule has 0 saturated heterocycles. The van der Waals surface area contributed by atoms with Crippen LogP contribution in [0, 0.1) is 5.82 Å². The molecule has 2 bridgehead atoms. The second-order valence-electron chi connectivity index (χ2n) is 5.59. The van der Waals surface area contributed by atoms with E-state index in [1.165, 1.54) is 18.2 Å². The number of halogens is 1. The Hall–Kier alpha value is -3.55. The lowest BCUT2D eigenvalue weighted by atomic mass is 10.2. The van der Waals surface area contributed by atoms with Crippen LogP contribution in [0.5, 0.6) is 5.75 Å². The molecular weight excluding hydrogens is 337 g/mol. The van der Waals surface area contributed by atoms with Crippen molar-refractivity contribution in [2.45, 2.75) is 6.54 Å². The highest BCUT2D eigenvalue weighted by atomic mass is 19.1. The van der Waals surface area contributed by atoms with E-state index in [-0.39, 0.29) is 17.9 Å². The molecule has 0 unspecified atom stereocenters. The second-order valence-corrected chi connectivity index (χ2v) is 5.59. The van der Waals surface area contributed by atoms with Gasteiger partial charge in [0.25, 0.3) is 5.91 Å². The molecule has 0 atom stereocenters. The Morgan fingerprint density at radius 2 is 2.12 bits per heavy atom. The number of anilines is 1. The van der Waals surface area contributed by atoms with Crippen molar-refractivity contribution in [2.75, 3.05) is 11.9 Å². The van der Waals surface area contributed by atoms with Crippen molar-refractivity contribution in [3.63, 3.8) is 0 Å². The predicted molar refractivity (Wildman–Crippen MR) is 92.2 cm³/mol. The number of carbonyl (C=O) groups is 1. The van der Waals surface area contributed by atoms with Gasteiger partial charge in [-0.25, -0.2) is 9.37 Å². The molecule has 1 aliphatic heterocycles. The Labute approximate surface area is 148 Å². The van der Waals surface area contributed by atoms with Gasteiger partial charge in [-0.2, -0.15) is 0 Å². The summed E-state index contributed by atoms with van der Waals surface area (Å²) in [6, 6.07) is 9.01. The Kier molecular flexibility index (Phi) is 4.14. The minimum atomic E-state index is -0.476. The molecule has 130 valence electrons. The molecule has 8 heteroatoms. The van der Waals surface area contributed by atoms with Crippen molar-refractivity contribution in [1.29, 1.82) is 0 Å². The number of amides is 1. The van der Waals surface area contributed by atoms with Crippen molar-refractivity contribution in [3.8, 4) is 17.3 Å². The quantitative estimate of drug-likeness (QED) is 0.630. The zero-order chi connectivity index (χ0) is 17.9. The van der Waals surface area contributed by atoms with E-state index < -0.39 is 11.7 Å². The number of allylic oxidation sites excluding steroid dienone is 1. The summed E-state index contributed by atoms with van der Waals surface area (Å²) in [6.45, 7) is 0.727. The number of carbonyl (C=O) groups excluding carboxylic acids is 1. The van der Waals surface area contributed by atoms with Gasteiger partial charge in [0, 0.05) is 12.6 Å². The molecule has 1 amide bonds. The molecule has 4 rings (SSSR count). The van der Waals surface area contributed by atoms with Crippen LogP contribution in [0.3, 0.4) is 0 Å². The highest BCUT2D eigenvalue weighted by Gasteiger charge is 2.16. The number of hydrogen-bond donors (Lipinski definition) is 1. The standard InChI is InChI=1S/C18H14FN5O2/c19-12-6-7-13-15(10-12)26-9-2-1-8-24-11-20-23-17(24)14-4-3-5-16(21-14)22-18(13)25/h1-7,10-11H,8-9H2,(H,21,22,25)/b2-1-. The highest BCUT2D eigenvalue weighted by molar-refractivity contribution is 6.05. The number of benzene rings is 1. The van der Waals surface area contributed by atoms with Crippen LogP contribution in [0.2, 0.25) is 0 Å². The van der Waals surface area contributed by atoms with E-state index in [2.05, 4.69) is 20.5 Å². The molecule has 7 nitrogen and oxygen atoms in total. The lowest BCUT2D eigenvalue weighted by Crippen LogP contribution is -2.15. The Balaban J connectivity index is 1.78. The maximum Gasteiger partial charge on any atom is 0.260 e. The molecule has 0 fully saturated rings. The number of fused-ring (bicyclic) bond motifs is 5. The average molecular weight is 351 g/mol. The zero-order valence-corrected chi connectivity index (χ0v) is 13.6. The molecule has 2 aromatic heterocycles. The maximum atomic E-state index is 13.5. The zero-order valence-electron chi connectivity index (χ0n) is 13.6. The third-order valence-corrected chi connectivity index (χ3v) is 3.83. The molecular formula is C18H14FN5O2. The van der Waals surface area contributed by atoms with E-state index in [0.29, 0.717) is 23.9 Å². The van der Waals surface area contributed by atoms with Gasteiger partial charge in [-0.3, -0.25) is 4.79 Å². The first-order valence-corrected chi connectivity index (χ1v) is 7.94.